The van der Waals surface area contributed by atoms with Gasteiger partial charge in [-0.25, -0.2) is 0 Å². The van der Waals surface area contributed by atoms with Crippen LogP contribution in [0.15, 0.2) is 30.3 Å². The van der Waals surface area contributed by atoms with E-state index in [1.165, 1.54) is 10.5 Å². The zero-order chi connectivity index (χ0) is 13.8. The van der Waals surface area contributed by atoms with E-state index in [4.69, 9.17) is 0 Å². The zero-order valence-electron chi connectivity index (χ0n) is 9.31. The predicted octanol–water partition coefficient (Wildman–Crippen LogP) is 3.71. The van der Waals surface area contributed by atoms with Crippen LogP contribution in [0, 0.1) is 0 Å². The summed E-state index contributed by atoms with van der Waals surface area (Å²) in [6.07, 6.45) is 0. The molecule has 0 aliphatic heterocycles. The first-order valence-corrected chi connectivity index (χ1v) is 6.66. The summed E-state index contributed by atoms with van der Waals surface area (Å²) in [5.74, 6) is 0. The van der Waals surface area contributed by atoms with Crippen molar-refractivity contribution in [2.45, 2.75) is 6.54 Å². The van der Waals surface area contributed by atoms with Crippen molar-refractivity contribution >= 4 is 7.81 Å². The first-order chi connectivity index (χ1) is 7.24. The molecule has 1 N–H and O–H groups in total. The molecule has 1 nitrogen and oxygen atoms in total. The second-order valence-corrected chi connectivity index (χ2v) is 5.74. The van der Waals surface area contributed by atoms with Gasteiger partial charge in [-0.3, -0.25) is 0 Å². The predicted molar refractivity (Wildman–Crippen MR) is 56.5 cm³/mol. The van der Waals surface area contributed by atoms with E-state index in [-0.39, 0.29) is 0 Å². The standard InChI is InChI=1S/C9H13N.F6P/c1-10(2)8-9-6-4-3-5-7-9;1-7(2,3,4,5)6/h3-7H,8H2,1-2H3;/q;-1/p+1. The third-order valence-electron chi connectivity index (χ3n) is 1.40. The Morgan fingerprint density at radius 3 is 1.53 bits per heavy atom. The third kappa shape index (κ3) is 21.1. The summed E-state index contributed by atoms with van der Waals surface area (Å²) in [4.78, 5) is 1.46. The van der Waals surface area contributed by atoms with Crippen molar-refractivity contribution in [2.24, 2.45) is 0 Å². The van der Waals surface area contributed by atoms with E-state index in [2.05, 4.69) is 44.4 Å². The molecule has 102 valence electrons. The summed E-state index contributed by atoms with van der Waals surface area (Å²) in [6.45, 7) is 1.11. The van der Waals surface area contributed by atoms with E-state index in [0.717, 1.165) is 6.54 Å². The van der Waals surface area contributed by atoms with E-state index in [9.17, 15) is 25.2 Å². The minimum absolute atomic E-state index is 1.11. The van der Waals surface area contributed by atoms with Crippen LogP contribution in [0.3, 0.4) is 0 Å². The van der Waals surface area contributed by atoms with Gasteiger partial charge in [-0.05, 0) is 0 Å². The van der Waals surface area contributed by atoms with Crippen LogP contribution in [0.4, 0.5) is 25.2 Å². The van der Waals surface area contributed by atoms with Crippen LogP contribution in [0.5, 0.6) is 0 Å². The molecular weight excluding hydrogens is 267 g/mol. The average molecular weight is 281 g/mol. The summed E-state index contributed by atoms with van der Waals surface area (Å²) in [5, 5.41) is 0. The van der Waals surface area contributed by atoms with Crippen molar-refractivity contribution in [1.82, 2.24) is 0 Å². The summed E-state index contributed by atoms with van der Waals surface area (Å²) in [6, 6.07) is 10.5. The SMILES string of the molecule is C[NH+](C)Cc1ccccc1.F[P-](F)(F)(F)(F)F. The summed E-state index contributed by atoms with van der Waals surface area (Å²) < 4.78 is 59.2. The van der Waals surface area contributed by atoms with Crippen LogP contribution < -0.4 is 4.90 Å². The number of benzene rings is 1. The molecule has 0 atom stereocenters. The van der Waals surface area contributed by atoms with E-state index in [0.29, 0.717) is 0 Å². The molecule has 0 saturated carbocycles. The minimum atomic E-state index is -10.7. The van der Waals surface area contributed by atoms with Crippen molar-refractivity contribution in [1.29, 1.82) is 0 Å². The molecule has 17 heavy (non-hydrogen) atoms. The number of hydrogen-bond acceptors (Lipinski definition) is 0. The normalized spacial score (nSPS) is 15.6. The van der Waals surface area contributed by atoms with Gasteiger partial charge in [0.25, 0.3) is 0 Å². The van der Waals surface area contributed by atoms with Crippen LogP contribution in [0.2, 0.25) is 0 Å². The maximum absolute atomic E-state index is 10.7. The van der Waals surface area contributed by atoms with Gasteiger partial charge in [-0.1, -0.05) is 30.3 Å². The number of hydrogen-bond donors (Lipinski definition) is 1. The number of rotatable bonds is 2. The Morgan fingerprint density at radius 2 is 1.24 bits per heavy atom. The van der Waals surface area contributed by atoms with Gasteiger partial charge in [0.2, 0.25) is 0 Å². The first kappa shape index (κ1) is 16.2. The molecule has 1 aromatic rings. The Hall–Kier alpha value is -0.810. The molecular formula is C9H14F6NP. The molecule has 0 unspecified atom stereocenters. The number of quaternary nitrogens is 1. The quantitative estimate of drug-likeness (QED) is 0.622. The summed E-state index contributed by atoms with van der Waals surface area (Å²) in [7, 11) is -6.34. The Labute approximate surface area is 95.3 Å². The van der Waals surface area contributed by atoms with Crippen LogP contribution >= 0.6 is 7.81 Å². The molecule has 0 fully saturated rings. The van der Waals surface area contributed by atoms with Gasteiger partial charge in [0.05, 0.1) is 14.1 Å². The molecule has 8 heteroatoms. The number of nitrogens with one attached hydrogen (secondary N) is 1. The maximum atomic E-state index is 9.87. The van der Waals surface area contributed by atoms with Gasteiger partial charge in [0.1, 0.15) is 6.54 Å². The molecule has 0 aromatic heterocycles. The van der Waals surface area contributed by atoms with Crippen molar-refractivity contribution in [3.05, 3.63) is 35.9 Å². The van der Waals surface area contributed by atoms with Crippen molar-refractivity contribution in [3.8, 4) is 0 Å². The molecule has 0 spiro atoms. The fourth-order valence-electron chi connectivity index (χ4n) is 1.00. The number of halogens is 6. The molecule has 1 aromatic carbocycles. The second-order valence-electron chi connectivity index (χ2n) is 3.83. The van der Waals surface area contributed by atoms with Gasteiger partial charge in [-0.15, -0.1) is 0 Å². The molecule has 0 aliphatic carbocycles. The van der Waals surface area contributed by atoms with Crippen LogP contribution in [-0.2, 0) is 6.54 Å². The van der Waals surface area contributed by atoms with E-state index >= 15 is 0 Å². The molecule has 0 bridgehead atoms. The summed E-state index contributed by atoms with van der Waals surface area (Å²) >= 11 is 0. The molecule has 1 rings (SSSR count). The van der Waals surface area contributed by atoms with E-state index in [1.807, 2.05) is 0 Å². The molecule has 0 saturated heterocycles. The molecule has 0 radical (unpaired) electrons. The Morgan fingerprint density at radius 1 is 0.882 bits per heavy atom. The topological polar surface area (TPSA) is 4.44 Å². The molecule has 0 amide bonds. The third-order valence-corrected chi connectivity index (χ3v) is 1.40. The fourth-order valence-corrected chi connectivity index (χ4v) is 1.00. The van der Waals surface area contributed by atoms with Gasteiger partial charge < -0.3 is 4.90 Å². The monoisotopic (exact) mass is 281 g/mol. The van der Waals surface area contributed by atoms with E-state index in [1.54, 1.807) is 0 Å². The van der Waals surface area contributed by atoms with Crippen LogP contribution in [-0.4, -0.2) is 14.1 Å². The Bertz CT molecular complexity index is 332. The summed E-state index contributed by atoms with van der Waals surface area (Å²) in [5.41, 5.74) is 1.41. The molecule has 0 aliphatic rings. The van der Waals surface area contributed by atoms with Crippen molar-refractivity contribution in [2.75, 3.05) is 14.1 Å². The van der Waals surface area contributed by atoms with Gasteiger partial charge in [-0.2, -0.15) is 0 Å². The first-order valence-electron chi connectivity index (χ1n) is 4.63. The Balaban J connectivity index is 0.000000325. The average Bonchev–Trinajstić information content (AvgIpc) is 1.98. The molecule has 0 heterocycles. The second kappa shape index (κ2) is 4.46. The van der Waals surface area contributed by atoms with Crippen molar-refractivity contribution < 1.29 is 30.1 Å². The van der Waals surface area contributed by atoms with Gasteiger partial charge in [0, 0.05) is 5.56 Å². The van der Waals surface area contributed by atoms with E-state index < -0.39 is 7.81 Å². The zero-order valence-corrected chi connectivity index (χ0v) is 10.2. The van der Waals surface area contributed by atoms with Crippen molar-refractivity contribution in [3.63, 3.8) is 0 Å². The van der Waals surface area contributed by atoms with Gasteiger partial charge in [0.15, 0.2) is 0 Å². The fraction of sp³-hybridized carbons (Fsp3) is 0.333. The van der Waals surface area contributed by atoms with Crippen LogP contribution in [0.25, 0.3) is 0 Å². The van der Waals surface area contributed by atoms with Crippen LogP contribution in [0.1, 0.15) is 5.56 Å². The van der Waals surface area contributed by atoms with Gasteiger partial charge >= 0.3 is 33.0 Å². The Kier molecular flexibility index (Phi) is 4.25.